The largest absolute Gasteiger partial charge is 0.493 e. The molecule has 2 rings (SSSR count). The molecule has 0 unspecified atom stereocenters. The van der Waals surface area contributed by atoms with E-state index in [1.807, 2.05) is 13.0 Å². The highest BCUT2D eigenvalue weighted by atomic mass is 35.5. The fourth-order valence-corrected chi connectivity index (χ4v) is 2.65. The minimum absolute atomic E-state index is 0.118. The first-order chi connectivity index (χ1) is 13.9. The highest BCUT2D eigenvalue weighted by Gasteiger charge is 2.22. The van der Waals surface area contributed by atoms with Crippen LogP contribution >= 0.6 is 11.6 Å². The molecule has 1 N–H and O–H groups in total. The van der Waals surface area contributed by atoms with E-state index in [9.17, 15) is 9.59 Å². The van der Waals surface area contributed by atoms with Crippen molar-refractivity contribution >= 4 is 29.2 Å². The lowest BCUT2D eigenvalue weighted by Crippen LogP contribution is -2.30. The van der Waals surface area contributed by atoms with Gasteiger partial charge < -0.3 is 19.5 Å². The van der Waals surface area contributed by atoms with Crippen LogP contribution in [0.1, 0.15) is 36.2 Å². The number of carbonyl (C=O) groups excluding carboxylic acids is 2. The van der Waals surface area contributed by atoms with Crippen molar-refractivity contribution in [1.29, 1.82) is 5.26 Å². The van der Waals surface area contributed by atoms with E-state index in [1.165, 1.54) is 26.2 Å². The molecular weight excluding hydrogens is 396 g/mol. The fraction of sp³-hybridized carbons (Fsp3) is 0.286. The number of anilines is 1. The summed E-state index contributed by atoms with van der Waals surface area (Å²) in [5.74, 6) is -0.685. The highest BCUT2D eigenvalue weighted by molar-refractivity contribution is 6.32. The summed E-state index contributed by atoms with van der Waals surface area (Å²) in [7, 11) is 1.43. The Morgan fingerprint density at radius 1 is 1.28 bits per heavy atom. The summed E-state index contributed by atoms with van der Waals surface area (Å²) >= 11 is 6.21. The molecule has 0 bridgehead atoms. The number of esters is 1. The van der Waals surface area contributed by atoms with Crippen molar-refractivity contribution in [2.75, 3.05) is 19.0 Å². The number of hydrogen-bond acceptors (Lipinski definition) is 6. The third kappa shape index (κ3) is 5.62. The van der Waals surface area contributed by atoms with E-state index in [0.717, 1.165) is 6.42 Å². The van der Waals surface area contributed by atoms with E-state index >= 15 is 0 Å². The van der Waals surface area contributed by atoms with E-state index in [0.29, 0.717) is 23.6 Å². The zero-order chi connectivity index (χ0) is 21.4. The van der Waals surface area contributed by atoms with Gasteiger partial charge in [-0.3, -0.25) is 4.79 Å². The number of nitrogens with one attached hydrogen (secondary N) is 1. The molecule has 0 aliphatic rings. The Morgan fingerprint density at radius 2 is 2.00 bits per heavy atom. The molecular formula is C21H21ClN2O5. The average Bonchev–Trinajstić information content (AvgIpc) is 2.72. The Morgan fingerprint density at radius 3 is 2.66 bits per heavy atom. The van der Waals surface area contributed by atoms with Gasteiger partial charge >= 0.3 is 5.97 Å². The van der Waals surface area contributed by atoms with Gasteiger partial charge in [0.05, 0.1) is 35.6 Å². The molecule has 152 valence electrons. The molecule has 0 aliphatic carbocycles. The highest BCUT2D eigenvalue weighted by Crippen LogP contribution is 2.36. The van der Waals surface area contributed by atoms with Gasteiger partial charge in [-0.15, -0.1) is 0 Å². The first-order valence-corrected chi connectivity index (χ1v) is 9.30. The number of methoxy groups -OCH3 is 1. The van der Waals surface area contributed by atoms with Crippen LogP contribution in [0.25, 0.3) is 0 Å². The van der Waals surface area contributed by atoms with E-state index in [1.54, 1.807) is 24.3 Å². The topological polar surface area (TPSA) is 97.6 Å². The molecule has 2 aromatic carbocycles. The standard InChI is InChI=1S/C21H21ClN2O5/c1-4-9-28-19-16(22)10-15(11-18(19)27-3)21(26)29-13(2)20(25)24-17-8-6-5-7-14(17)12-23/h5-8,10-11,13H,4,9H2,1-3H3,(H,24,25)/t13-/m0/s1. The first-order valence-electron chi connectivity index (χ1n) is 8.92. The van der Waals surface area contributed by atoms with Gasteiger partial charge in [0.2, 0.25) is 0 Å². The summed E-state index contributed by atoms with van der Waals surface area (Å²) in [6, 6.07) is 11.3. The van der Waals surface area contributed by atoms with Crippen LogP contribution in [0.4, 0.5) is 5.69 Å². The molecule has 1 amide bonds. The smallest absolute Gasteiger partial charge is 0.339 e. The number of hydrogen-bond donors (Lipinski definition) is 1. The molecule has 2 aromatic rings. The Hall–Kier alpha value is -3.24. The lowest BCUT2D eigenvalue weighted by atomic mass is 10.2. The number of nitrogens with zero attached hydrogens (tertiary/aromatic N) is 1. The lowest BCUT2D eigenvalue weighted by Gasteiger charge is -2.16. The first kappa shape index (κ1) is 22.1. The van der Waals surface area contributed by atoms with Crippen LogP contribution in [0.2, 0.25) is 5.02 Å². The van der Waals surface area contributed by atoms with Gasteiger partial charge in [0.15, 0.2) is 17.6 Å². The molecule has 7 nitrogen and oxygen atoms in total. The second-order valence-electron chi connectivity index (χ2n) is 6.03. The number of benzene rings is 2. The maximum atomic E-state index is 12.5. The van der Waals surface area contributed by atoms with Crippen LogP contribution in [0.3, 0.4) is 0 Å². The number of halogens is 1. The number of para-hydroxylation sites is 1. The molecule has 0 saturated heterocycles. The monoisotopic (exact) mass is 416 g/mol. The molecule has 0 saturated carbocycles. The second-order valence-corrected chi connectivity index (χ2v) is 6.44. The summed E-state index contributed by atoms with van der Waals surface area (Å²) in [6.45, 7) is 3.83. The molecule has 0 fully saturated rings. The number of carbonyl (C=O) groups is 2. The van der Waals surface area contributed by atoms with Crippen molar-refractivity contribution in [1.82, 2.24) is 0 Å². The minimum Gasteiger partial charge on any atom is -0.493 e. The van der Waals surface area contributed by atoms with E-state index < -0.39 is 18.0 Å². The fourth-order valence-electron chi connectivity index (χ4n) is 2.39. The molecule has 29 heavy (non-hydrogen) atoms. The molecule has 0 heterocycles. The maximum absolute atomic E-state index is 12.5. The molecule has 0 aliphatic heterocycles. The van der Waals surface area contributed by atoms with Crippen LogP contribution in [-0.2, 0) is 9.53 Å². The Balaban J connectivity index is 2.11. The summed E-state index contributed by atoms with van der Waals surface area (Å²) < 4.78 is 16.0. The molecule has 0 spiro atoms. The van der Waals surface area contributed by atoms with E-state index in [4.69, 9.17) is 31.1 Å². The van der Waals surface area contributed by atoms with Gasteiger partial charge in [0, 0.05) is 0 Å². The number of ether oxygens (including phenoxy) is 3. The molecule has 8 heteroatoms. The van der Waals surface area contributed by atoms with Gasteiger partial charge in [-0.1, -0.05) is 30.7 Å². The maximum Gasteiger partial charge on any atom is 0.339 e. The van der Waals surface area contributed by atoms with Crippen LogP contribution in [-0.4, -0.2) is 31.7 Å². The third-order valence-electron chi connectivity index (χ3n) is 3.87. The normalized spacial score (nSPS) is 11.1. The van der Waals surface area contributed by atoms with Crippen LogP contribution < -0.4 is 14.8 Å². The zero-order valence-electron chi connectivity index (χ0n) is 16.3. The summed E-state index contributed by atoms with van der Waals surface area (Å²) in [6.07, 6.45) is -0.319. The van der Waals surface area contributed by atoms with E-state index in [-0.39, 0.29) is 16.3 Å². The predicted octanol–water partition coefficient (Wildman–Crippen LogP) is 4.19. The van der Waals surface area contributed by atoms with Gasteiger partial charge in [-0.25, -0.2) is 4.79 Å². The van der Waals surface area contributed by atoms with Gasteiger partial charge in [0.25, 0.3) is 5.91 Å². The van der Waals surface area contributed by atoms with Crippen LogP contribution in [0.5, 0.6) is 11.5 Å². The summed E-state index contributed by atoms with van der Waals surface area (Å²) in [4.78, 5) is 24.8. The SMILES string of the molecule is CCCOc1c(Cl)cc(C(=O)O[C@@H](C)C(=O)Nc2ccccc2C#N)cc1OC. The Bertz CT molecular complexity index is 939. The lowest BCUT2D eigenvalue weighted by molar-refractivity contribution is -0.123. The van der Waals surface area contributed by atoms with Crippen molar-refractivity contribution in [2.45, 2.75) is 26.4 Å². The zero-order valence-corrected chi connectivity index (χ0v) is 17.1. The average molecular weight is 417 g/mol. The molecule has 1 atom stereocenters. The van der Waals surface area contributed by atoms with Crippen molar-refractivity contribution in [2.24, 2.45) is 0 Å². The van der Waals surface area contributed by atoms with Crippen LogP contribution in [0.15, 0.2) is 36.4 Å². The van der Waals surface area contributed by atoms with Crippen molar-refractivity contribution in [3.05, 3.63) is 52.5 Å². The van der Waals surface area contributed by atoms with Gasteiger partial charge in [-0.2, -0.15) is 5.26 Å². The quantitative estimate of drug-likeness (QED) is 0.648. The van der Waals surface area contributed by atoms with Crippen molar-refractivity contribution < 1.29 is 23.8 Å². The summed E-state index contributed by atoms with van der Waals surface area (Å²) in [5, 5.41) is 11.9. The predicted molar refractivity (Wildman–Crippen MR) is 108 cm³/mol. The van der Waals surface area contributed by atoms with E-state index in [2.05, 4.69) is 5.32 Å². The Kier molecular flexibility index (Phi) is 7.87. The summed E-state index contributed by atoms with van der Waals surface area (Å²) in [5.41, 5.74) is 0.761. The van der Waals surface area contributed by atoms with Crippen molar-refractivity contribution in [3.63, 3.8) is 0 Å². The Labute approximate surface area is 174 Å². The van der Waals surface area contributed by atoms with Gasteiger partial charge in [-0.05, 0) is 37.6 Å². The molecule has 0 aromatic heterocycles. The second kappa shape index (κ2) is 10.3. The minimum atomic E-state index is -1.10. The third-order valence-corrected chi connectivity index (χ3v) is 4.15. The van der Waals surface area contributed by atoms with Gasteiger partial charge in [0.1, 0.15) is 6.07 Å². The van der Waals surface area contributed by atoms with Crippen LogP contribution in [0, 0.1) is 11.3 Å². The van der Waals surface area contributed by atoms with Crippen molar-refractivity contribution in [3.8, 4) is 17.6 Å². The number of rotatable bonds is 8. The number of amides is 1. The molecule has 0 radical (unpaired) electrons. The number of nitriles is 1.